The summed E-state index contributed by atoms with van der Waals surface area (Å²) in [6.45, 7) is 2.70. The van der Waals surface area contributed by atoms with Gasteiger partial charge in [0.25, 0.3) is 0 Å². The Kier molecular flexibility index (Phi) is 3.02. The molecule has 0 spiro atoms. The van der Waals surface area contributed by atoms with E-state index in [-0.39, 0.29) is 12.0 Å². The normalized spacial score (nSPS) is 25.4. The van der Waals surface area contributed by atoms with Gasteiger partial charge in [-0.05, 0) is 30.4 Å². The van der Waals surface area contributed by atoms with Crippen LogP contribution in [-0.2, 0) is 4.74 Å². The number of aliphatic hydroxyl groups excluding tert-OH is 1. The molecule has 1 aliphatic heterocycles. The SMILES string of the molecule is CC1CC(C(O)c2cccc3cnccc23)CO1. The van der Waals surface area contributed by atoms with E-state index in [1.54, 1.807) is 6.20 Å². The highest BCUT2D eigenvalue weighted by Crippen LogP contribution is 2.34. The minimum Gasteiger partial charge on any atom is -0.388 e. The van der Waals surface area contributed by atoms with Gasteiger partial charge in [-0.1, -0.05) is 18.2 Å². The number of ether oxygens (including phenoxy) is 1. The van der Waals surface area contributed by atoms with Crippen molar-refractivity contribution in [3.05, 3.63) is 42.2 Å². The van der Waals surface area contributed by atoms with Gasteiger partial charge in [-0.2, -0.15) is 0 Å². The predicted octanol–water partition coefficient (Wildman–Crippen LogP) is 2.69. The lowest BCUT2D eigenvalue weighted by molar-refractivity contribution is 0.0811. The van der Waals surface area contributed by atoms with Crippen molar-refractivity contribution in [1.29, 1.82) is 0 Å². The van der Waals surface area contributed by atoms with Crippen molar-refractivity contribution in [2.24, 2.45) is 5.92 Å². The number of hydrogen-bond donors (Lipinski definition) is 1. The molecule has 18 heavy (non-hydrogen) atoms. The Hall–Kier alpha value is -1.45. The number of benzene rings is 1. The number of nitrogens with zero attached hydrogens (tertiary/aromatic N) is 1. The highest BCUT2D eigenvalue weighted by Gasteiger charge is 2.29. The zero-order valence-corrected chi connectivity index (χ0v) is 10.4. The second-order valence-electron chi connectivity index (χ2n) is 5.03. The average molecular weight is 243 g/mol. The van der Waals surface area contributed by atoms with E-state index < -0.39 is 6.10 Å². The number of aliphatic hydroxyl groups is 1. The van der Waals surface area contributed by atoms with Crippen LogP contribution < -0.4 is 0 Å². The van der Waals surface area contributed by atoms with E-state index in [2.05, 4.69) is 11.9 Å². The molecule has 1 N–H and O–H groups in total. The minimum atomic E-state index is -0.457. The summed E-state index contributed by atoms with van der Waals surface area (Å²) in [5, 5.41) is 12.7. The van der Waals surface area contributed by atoms with E-state index in [0.29, 0.717) is 6.61 Å². The van der Waals surface area contributed by atoms with Gasteiger partial charge in [-0.25, -0.2) is 0 Å². The first kappa shape index (κ1) is 11.6. The third-order valence-electron chi connectivity index (χ3n) is 3.71. The molecular formula is C15H17NO2. The zero-order chi connectivity index (χ0) is 12.5. The summed E-state index contributed by atoms with van der Waals surface area (Å²) in [5.41, 5.74) is 0.984. The highest BCUT2D eigenvalue weighted by molar-refractivity contribution is 5.85. The summed E-state index contributed by atoms with van der Waals surface area (Å²) in [7, 11) is 0. The third kappa shape index (κ3) is 2.00. The molecular weight excluding hydrogens is 226 g/mol. The maximum Gasteiger partial charge on any atom is 0.0847 e. The molecule has 3 atom stereocenters. The Bertz CT molecular complexity index is 550. The first-order valence-corrected chi connectivity index (χ1v) is 6.38. The van der Waals surface area contributed by atoms with Crippen molar-refractivity contribution < 1.29 is 9.84 Å². The average Bonchev–Trinajstić information content (AvgIpc) is 2.84. The Morgan fingerprint density at radius 1 is 1.39 bits per heavy atom. The van der Waals surface area contributed by atoms with Crippen LogP contribution in [-0.4, -0.2) is 22.8 Å². The van der Waals surface area contributed by atoms with Crippen molar-refractivity contribution in [3.63, 3.8) is 0 Å². The van der Waals surface area contributed by atoms with Gasteiger partial charge < -0.3 is 9.84 Å². The highest BCUT2D eigenvalue weighted by atomic mass is 16.5. The summed E-state index contributed by atoms with van der Waals surface area (Å²) in [4.78, 5) is 4.12. The van der Waals surface area contributed by atoms with E-state index in [1.807, 2.05) is 30.5 Å². The van der Waals surface area contributed by atoms with Crippen molar-refractivity contribution in [2.75, 3.05) is 6.61 Å². The lowest BCUT2D eigenvalue weighted by Crippen LogP contribution is -2.13. The molecule has 1 saturated heterocycles. The Morgan fingerprint density at radius 2 is 2.28 bits per heavy atom. The molecule has 3 heteroatoms. The van der Waals surface area contributed by atoms with Crippen molar-refractivity contribution >= 4 is 10.8 Å². The maximum absolute atomic E-state index is 10.5. The fraction of sp³-hybridized carbons (Fsp3) is 0.400. The monoisotopic (exact) mass is 243 g/mol. The molecule has 0 saturated carbocycles. The van der Waals surface area contributed by atoms with Gasteiger partial charge >= 0.3 is 0 Å². The molecule has 0 aliphatic carbocycles. The Balaban J connectivity index is 1.98. The topological polar surface area (TPSA) is 42.4 Å². The van der Waals surface area contributed by atoms with Crippen LogP contribution in [0.5, 0.6) is 0 Å². The molecule has 3 nitrogen and oxygen atoms in total. The van der Waals surface area contributed by atoms with Crippen LogP contribution in [0.25, 0.3) is 10.8 Å². The van der Waals surface area contributed by atoms with Crippen LogP contribution in [0, 0.1) is 5.92 Å². The summed E-state index contributed by atoms with van der Waals surface area (Å²) >= 11 is 0. The lowest BCUT2D eigenvalue weighted by Gasteiger charge is -2.18. The van der Waals surface area contributed by atoms with E-state index in [4.69, 9.17) is 4.74 Å². The fourth-order valence-electron chi connectivity index (χ4n) is 2.73. The lowest BCUT2D eigenvalue weighted by atomic mass is 9.91. The molecule has 1 aromatic carbocycles. The van der Waals surface area contributed by atoms with E-state index in [9.17, 15) is 5.11 Å². The number of aromatic nitrogens is 1. The van der Waals surface area contributed by atoms with E-state index >= 15 is 0 Å². The zero-order valence-electron chi connectivity index (χ0n) is 10.4. The van der Waals surface area contributed by atoms with Crippen molar-refractivity contribution in [3.8, 4) is 0 Å². The van der Waals surface area contributed by atoms with Crippen molar-refractivity contribution in [1.82, 2.24) is 4.98 Å². The second kappa shape index (κ2) is 4.67. The van der Waals surface area contributed by atoms with Crippen LogP contribution in [0.15, 0.2) is 36.7 Å². The fourth-order valence-corrected chi connectivity index (χ4v) is 2.73. The molecule has 1 aliphatic rings. The molecule has 2 aromatic rings. The van der Waals surface area contributed by atoms with Gasteiger partial charge in [-0.3, -0.25) is 4.98 Å². The van der Waals surface area contributed by atoms with E-state index in [1.165, 1.54) is 0 Å². The van der Waals surface area contributed by atoms with Crippen LogP contribution in [0.4, 0.5) is 0 Å². The number of rotatable bonds is 2. The van der Waals surface area contributed by atoms with Gasteiger partial charge in [0.1, 0.15) is 0 Å². The van der Waals surface area contributed by atoms with E-state index in [0.717, 1.165) is 22.8 Å². The van der Waals surface area contributed by atoms with Crippen LogP contribution in [0.3, 0.4) is 0 Å². The van der Waals surface area contributed by atoms with Crippen molar-refractivity contribution in [2.45, 2.75) is 25.6 Å². The van der Waals surface area contributed by atoms with Gasteiger partial charge in [0.05, 0.1) is 18.8 Å². The molecule has 0 amide bonds. The predicted molar refractivity (Wildman–Crippen MR) is 70.2 cm³/mol. The van der Waals surface area contributed by atoms with Crippen LogP contribution >= 0.6 is 0 Å². The van der Waals surface area contributed by atoms with Gasteiger partial charge in [0.2, 0.25) is 0 Å². The van der Waals surface area contributed by atoms with Gasteiger partial charge in [-0.15, -0.1) is 0 Å². The standard InChI is InChI=1S/C15H17NO2/c1-10-7-12(9-18-10)15(17)14-4-2-3-11-8-16-6-5-13(11)14/h2-6,8,10,12,15,17H,7,9H2,1H3. The Labute approximate surface area is 106 Å². The molecule has 94 valence electrons. The summed E-state index contributed by atoms with van der Waals surface area (Å²) in [5.74, 6) is 0.193. The number of fused-ring (bicyclic) bond motifs is 1. The summed E-state index contributed by atoms with van der Waals surface area (Å²) in [6.07, 6.45) is 4.32. The number of pyridine rings is 1. The molecule has 3 unspecified atom stereocenters. The summed E-state index contributed by atoms with van der Waals surface area (Å²) in [6, 6.07) is 7.96. The minimum absolute atomic E-state index is 0.193. The second-order valence-corrected chi connectivity index (χ2v) is 5.03. The Morgan fingerprint density at radius 3 is 3.06 bits per heavy atom. The van der Waals surface area contributed by atoms with Crippen LogP contribution in [0.1, 0.15) is 25.0 Å². The molecule has 1 fully saturated rings. The molecule has 3 rings (SSSR count). The van der Waals surface area contributed by atoms with Gasteiger partial charge in [0.15, 0.2) is 0 Å². The first-order chi connectivity index (χ1) is 8.75. The van der Waals surface area contributed by atoms with Crippen LogP contribution in [0.2, 0.25) is 0 Å². The summed E-state index contributed by atoms with van der Waals surface area (Å²) < 4.78 is 5.55. The smallest absolute Gasteiger partial charge is 0.0847 e. The van der Waals surface area contributed by atoms with Gasteiger partial charge in [0, 0.05) is 23.7 Å². The maximum atomic E-state index is 10.5. The molecule has 0 radical (unpaired) electrons. The largest absolute Gasteiger partial charge is 0.388 e. The third-order valence-corrected chi connectivity index (χ3v) is 3.71. The molecule has 0 bridgehead atoms. The quantitative estimate of drug-likeness (QED) is 0.881. The number of hydrogen-bond acceptors (Lipinski definition) is 3. The molecule has 2 heterocycles. The first-order valence-electron chi connectivity index (χ1n) is 6.38. The molecule has 1 aromatic heterocycles.